The Morgan fingerprint density at radius 1 is 1.24 bits per heavy atom. The maximum absolute atomic E-state index is 12.1. The van der Waals surface area contributed by atoms with Gasteiger partial charge in [0.05, 0.1) is 7.11 Å². The topological polar surface area (TPSA) is 70.6 Å². The molecular weight excluding hydrogens is 386 g/mol. The van der Waals surface area contributed by atoms with Gasteiger partial charge < -0.3 is 19.9 Å². The van der Waals surface area contributed by atoms with E-state index in [1.807, 2.05) is 32.3 Å². The van der Waals surface area contributed by atoms with Gasteiger partial charge in [-0.05, 0) is 38.2 Å². The van der Waals surface area contributed by atoms with Crippen molar-refractivity contribution in [3.8, 4) is 5.75 Å². The number of ether oxygens (including phenoxy) is 1. The highest BCUT2D eigenvalue weighted by molar-refractivity contribution is 7.09. The minimum atomic E-state index is 0.0782. The fourth-order valence-electron chi connectivity index (χ4n) is 2.81. The van der Waals surface area contributed by atoms with Crippen LogP contribution in [0.5, 0.6) is 5.75 Å². The first kappa shape index (κ1) is 23.1. The molecule has 0 unspecified atom stereocenters. The molecule has 0 radical (unpaired) electrons. The smallest absolute Gasteiger partial charge is 0.221 e. The number of aromatic nitrogens is 2. The predicted molar refractivity (Wildman–Crippen MR) is 119 cm³/mol. The van der Waals surface area contributed by atoms with Gasteiger partial charge in [-0.2, -0.15) is 4.37 Å². The molecule has 0 spiro atoms. The van der Waals surface area contributed by atoms with Crippen molar-refractivity contribution < 1.29 is 9.53 Å². The number of benzene rings is 1. The quantitative estimate of drug-likeness (QED) is 0.538. The van der Waals surface area contributed by atoms with E-state index in [-0.39, 0.29) is 5.91 Å². The fraction of sp³-hybridized carbons (Fsp3) is 0.571. The number of hydrogen-bond acceptors (Lipinski definition) is 7. The van der Waals surface area contributed by atoms with Gasteiger partial charge >= 0.3 is 0 Å². The summed E-state index contributed by atoms with van der Waals surface area (Å²) in [5, 5.41) is 3.86. The third kappa shape index (κ3) is 8.37. The number of amides is 1. The number of rotatable bonds is 13. The van der Waals surface area contributed by atoms with Crippen LogP contribution in [0.25, 0.3) is 0 Å². The van der Waals surface area contributed by atoms with Gasteiger partial charge in [-0.1, -0.05) is 25.5 Å². The van der Waals surface area contributed by atoms with Crippen LogP contribution in [0.3, 0.4) is 0 Å². The first-order valence-electron chi connectivity index (χ1n) is 10.1. The van der Waals surface area contributed by atoms with Gasteiger partial charge in [0, 0.05) is 50.6 Å². The molecule has 1 N–H and O–H groups in total. The lowest BCUT2D eigenvalue weighted by atomic mass is 10.1. The second-order valence-corrected chi connectivity index (χ2v) is 8.00. The third-order valence-electron chi connectivity index (χ3n) is 4.50. The number of unbranched alkanes of at least 4 members (excludes halogenated alkanes) is 1. The van der Waals surface area contributed by atoms with Crippen molar-refractivity contribution in [2.75, 3.05) is 52.3 Å². The summed E-state index contributed by atoms with van der Waals surface area (Å²) in [7, 11) is 5.66. The van der Waals surface area contributed by atoms with Crippen molar-refractivity contribution in [1.29, 1.82) is 0 Å². The SMILES string of the molecule is CCCCN(CCC(=O)NCCN(C)C)c1nc(Cc2cccc(OC)c2)ns1. The van der Waals surface area contributed by atoms with E-state index in [0.717, 1.165) is 48.2 Å². The monoisotopic (exact) mass is 419 g/mol. The lowest BCUT2D eigenvalue weighted by Gasteiger charge is -2.21. The summed E-state index contributed by atoms with van der Waals surface area (Å²) in [6.07, 6.45) is 3.29. The van der Waals surface area contributed by atoms with E-state index >= 15 is 0 Å². The number of nitrogens with one attached hydrogen (secondary N) is 1. The molecule has 2 rings (SSSR count). The molecular formula is C21H33N5O2S. The van der Waals surface area contributed by atoms with Crippen LogP contribution in [0, 0.1) is 0 Å². The Bertz CT molecular complexity index is 750. The molecule has 0 aliphatic rings. The maximum atomic E-state index is 12.1. The van der Waals surface area contributed by atoms with Crippen LogP contribution in [0.4, 0.5) is 5.13 Å². The number of carbonyl (C=O) groups is 1. The van der Waals surface area contributed by atoms with Crippen molar-refractivity contribution in [1.82, 2.24) is 19.6 Å². The molecule has 0 saturated carbocycles. The lowest BCUT2D eigenvalue weighted by molar-refractivity contribution is -0.120. The summed E-state index contributed by atoms with van der Waals surface area (Å²) in [6, 6.07) is 7.97. The number of methoxy groups -OCH3 is 1. The lowest BCUT2D eigenvalue weighted by Crippen LogP contribution is -2.34. The highest BCUT2D eigenvalue weighted by atomic mass is 32.1. The minimum absolute atomic E-state index is 0.0782. The normalized spacial score (nSPS) is 10.9. The van der Waals surface area contributed by atoms with Crippen molar-refractivity contribution in [3.05, 3.63) is 35.7 Å². The van der Waals surface area contributed by atoms with Gasteiger partial charge in [0.25, 0.3) is 0 Å². The highest BCUT2D eigenvalue weighted by Crippen LogP contribution is 2.21. The van der Waals surface area contributed by atoms with Gasteiger partial charge in [-0.15, -0.1) is 0 Å². The van der Waals surface area contributed by atoms with Crippen molar-refractivity contribution in [2.45, 2.75) is 32.6 Å². The Balaban J connectivity index is 1.94. The molecule has 0 saturated heterocycles. The van der Waals surface area contributed by atoms with Gasteiger partial charge in [0.2, 0.25) is 11.0 Å². The van der Waals surface area contributed by atoms with E-state index in [1.54, 1.807) is 7.11 Å². The second kappa shape index (κ2) is 12.4. The highest BCUT2D eigenvalue weighted by Gasteiger charge is 2.14. The molecule has 0 aliphatic carbocycles. The van der Waals surface area contributed by atoms with Crippen LogP contribution < -0.4 is 15.0 Å². The fourth-order valence-corrected chi connectivity index (χ4v) is 3.54. The molecule has 1 aromatic carbocycles. The zero-order valence-electron chi connectivity index (χ0n) is 18.0. The van der Waals surface area contributed by atoms with E-state index in [0.29, 0.717) is 25.9 Å². The van der Waals surface area contributed by atoms with Gasteiger partial charge in [-0.3, -0.25) is 4.79 Å². The molecule has 0 bridgehead atoms. The largest absolute Gasteiger partial charge is 0.497 e. The van der Waals surface area contributed by atoms with Gasteiger partial charge in [0.1, 0.15) is 11.6 Å². The zero-order valence-corrected chi connectivity index (χ0v) is 18.8. The van der Waals surface area contributed by atoms with E-state index in [2.05, 4.69) is 32.5 Å². The van der Waals surface area contributed by atoms with Gasteiger partial charge in [-0.25, -0.2) is 4.98 Å². The first-order chi connectivity index (χ1) is 14.0. The van der Waals surface area contributed by atoms with Crippen molar-refractivity contribution >= 4 is 22.6 Å². The van der Waals surface area contributed by atoms with Crippen LogP contribution in [0.15, 0.2) is 24.3 Å². The number of anilines is 1. The van der Waals surface area contributed by atoms with Crippen LogP contribution in [0.1, 0.15) is 37.6 Å². The Labute approximate surface area is 178 Å². The first-order valence-corrected chi connectivity index (χ1v) is 10.9. The molecule has 1 heterocycles. The van der Waals surface area contributed by atoms with Gasteiger partial charge in [0.15, 0.2) is 0 Å². The molecule has 1 aromatic heterocycles. The Kier molecular flexibility index (Phi) is 9.87. The third-order valence-corrected chi connectivity index (χ3v) is 5.31. The Morgan fingerprint density at radius 3 is 2.79 bits per heavy atom. The van der Waals surface area contributed by atoms with Crippen LogP contribution in [0.2, 0.25) is 0 Å². The van der Waals surface area contributed by atoms with Crippen molar-refractivity contribution in [3.63, 3.8) is 0 Å². The molecule has 7 nitrogen and oxygen atoms in total. The summed E-state index contributed by atoms with van der Waals surface area (Å²) < 4.78 is 9.82. The summed E-state index contributed by atoms with van der Waals surface area (Å²) >= 11 is 1.41. The van der Waals surface area contributed by atoms with E-state index < -0.39 is 0 Å². The molecule has 2 aromatic rings. The molecule has 1 amide bonds. The standard InChI is InChI=1S/C21H33N5O2S/c1-5-6-12-26(13-10-20(27)22-11-14-25(2)3)21-23-19(24-29-21)16-17-8-7-9-18(15-17)28-4/h7-9,15H,5-6,10-14,16H2,1-4H3,(H,22,27). The summed E-state index contributed by atoms with van der Waals surface area (Å²) in [4.78, 5) is 21.1. The van der Waals surface area contributed by atoms with Crippen LogP contribution in [-0.2, 0) is 11.2 Å². The molecule has 0 atom stereocenters. The number of carbonyl (C=O) groups excluding carboxylic acids is 1. The van der Waals surface area contributed by atoms with Crippen molar-refractivity contribution in [2.24, 2.45) is 0 Å². The molecule has 0 aliphatic heterocycles. The molecule has 160 valence electrons. The molecule has 0 fully saturated rings. The maximum Gasteiger partial charge on any atom is 0.221 e. The zero-order chi connectivity index (χ0) is 21.1. The van der Waals surface area contributed by atoms with E-state index in [9.17, 15) is 4.79 Å². The number of likely N-dealkylation sites (N-methyl/N-ethyl adjacent to an activating group) is 1. The number of nitrogens with zero attached hydrogens (tertiary/aromatic N) is 4. The van der Waals surface area contributed by atoms with E-state index in [4.69, 9.17) is 9.72 Å². The Morgan fingerprint density at radius 2 is 2.07 bits per heavy atom. The second-order valence-electron chi connectivity index (χ2n) is 7.27. The number of hydrogen-bond donors (Lipinski definition) is 1. The minimum Gasteiger partial charge on any atom is -0.497 e. The average Bonchev–Trinajstić information content (AvgIpc) is 3.16. The van der Waals surface area contributed by atoms with E-state index in [1.165, 1.54) is 11.5 Å². The summed E-state index contributed by atoms with van der Waals surface area (Å²) in [5.41, 5.74) is 1.12. The summed E-state index contributed by atoms with van der Waals surface area (Å²) in [6.45, 7) is 5.22. The average molecular weight is 420 g/mol. The Hall–Kier alpha value is -2.19. The summed E-state index contributed by atoms with van der Waals surface area (Å²) in [5.74, 6) is 1.72. The van der Waals surface area contributed by atoms with Crippen LogP contribution >= 0.6 is 11.5 Å². The molecule has 8 heteroatoms. The predicted octanol–water partition coefficient (Wildman–Crippen LogP) is 2.81. The molecule has 29 heavy (non-hydrogen) atoms. The van der Waals surface area contributed by atoms with Crippen LogP contribution in [-0.4, -0.2) is 67.5 Å².